The predicted molar refractivity (Wildman–Crippen MR) is 64.5 cm³/mol. The van der Waals surface area contributed by atoms with Crippen molar-refractivity contribution in [3.05, 3.63) is 6.07 Å². The Morgan fingerprint density at radius 3 is 2.35 bits per heavy atom. The first kappa shape index (κ1) is 13.5. The highest BCUT2D eigenvalue weighted by Gasteiger charge is 2.06. The van der Waals surface area contributed by atoms with Crippen LogP contribution in [-0.4, -0.2) is 42.4 Å². The average Bonchev–Trinajstić information content (AvgIpc) is 2.36. The molecule has 6 nitrogen and oxygen atoms in total. The molecule has 0 spiro atoms. The van der Waals surface area contributed by atoms with Crippen molar-refractivity contribution < 1.29 is 14.6 Å². The zero-order valence-corrected chi connectivity index (χ0v) is 10.4. The van der Waals surface area contributed by atoms with Crippen LogP contribution in [0, 0.1) is 5.92 Å². The maximum atomic E-state index is 8.80. The Balaban J connectivity index is 2.63. The Bertz CT molecular complexity index is 324. The van der Waals surface area contributed by atoms with Crippen LogP contribution in [0.15, 0.2) is 6.07 Å². The molecule has 0 aliphatic rings. The largest absolute Gasteiger partial charge is 0.481 e. The number of aliphatic hydroxyl groups excluding tert-OH is 1. The SMILES string of the molecule is COc1cc(OC)nc(NCC(C)CCO)n1. The molecule has 1 unspecified atom stereocenters. The molecule has 1 aromatic heterocycles. The van der Waals surface area contributed by atoms with Crippen LogP contribution in [0.5, 0.6) is 11.8 Å². The van der Waals surface area contributed by atoms with E-state index < -0.39 is 0 Å². The number of methoxy groups -OCH3 is 2. The first-order valence-electron chi connectivity index (χ1n) is 5.51. The minimum Gasteiger partial charge on any atom is -0.481 e. The standard InChI is InChI=1S/C11H19N3O3/c1-8(4-5-15)7-12-11-13-9(16-2)6-10(14-11)17-3/h6,8,15H,4-5,7H2,1-3H3,(H,12,13,14). The second-order valence-corrected chi connectivity index (χ2v) is 3.77. The van der Waals surface area contributed by atoms with Crippen LogP contribution in [0.2, 0.25) is 0 Å². The van der Waals surface area contributed by atoms with Gasteiger partial charge < -0.3 is 19.9 Å². The lowest BCUT2D eigenvalue weighted by atomic mass is 10.1. The normalized spacial score (nSPS) is 12.0. The van der Waals surface area contributed by atoms with Gasteiger partial charge in [0.2, 0.25) is 17.7 Å². The van der Waals surface area contributed by atoms with Crippen LogP contribution in [0.25, 0.3) is 0 Å². The summed E-state index contributed by atoms with van der Waals surface area (Å²) in [4.78, 5) is 8.29. The van der Waals surface area contributed by atoms with E-state index in [9.17, 15) is 0 Å². The van der Waals surface area contributed by atoms with E-state index in [0.717, 1.165) is 6.42 Å². The van der Waals surface area contributed by atoms with Crippen molar-refractivity contribution >= 4 is 5.95 Å². The molecule has 96 valence electrons. The number of rotatable bonds is 7. The van der Waals surface area contributed by atoms with Gasteiger partial charge in [-0.3, -0.25) is 0 Å². The van der Waals surface area contributed by atoms with Gasteiger partial charge in [0, 0.05) is 13.2 Å². The summed E-state index contributed by atoms with van der Waals surface area (Å²) in [5.74, 6) is 1.72. The van der Waals surface area contributed by atoms with Crippen molar-refractivity contribution in [2.45, 2.75) is 13.3 Å². The Morgan fingerprint density at radius 1 is 1.29 bits per heavy atom. The van der Waals surface area contributed by atoms with Gasteiger partial charge in [-0.1, -0.05) is 6.92 Å². The molecule has 0 saturated carbocycles. The minimum atomic E-state index is 0.186. The van der Waals surface area contributed by atoms with E-state index in [1.807, 2.05) is 6.92 Å². The van der Waals surface area contributed by atoms with E-state index in [2.05, 4.69) is 15.3 Å². The molecule has 17 heavy (non-hydrogen) atoms. The van der Waals surface area contributed by atoms with E-state index in [0.29, 0.717) is 30.2 Å². The first-order chi connectivity index (χ1) is 8.19. The summed E-state index contributed by atoms with van der Waals surface area (Å²) >= 11 is 0. The van der Waals surface area contributed by atoms with E-state index in [1.54, 1.807) is 20.3 Å². The fourth-order valence-corrected chi connectivity index (χ4v) is 1.28. The predicted octanol–water partition coefficient (Wildman–Crippen LogP) is 0.924. The molecule has 0 amide bonds. The summed E-state index contributed by atoms with van der Waals surface area (Å²) in [7, 11) is 3.08. The van der Waals surface area contributed by atoms with Gasteiger partial charge in [0.15, 0.2) is 0 Å². The van der Waals surface area contributed by atoms with E-state index in [-0.39, 0.29) is 6.61 Å². The van der Waals surface area contributed by atoms with Crippen LogP contribution in [0.1, 0.15) is 13.3 Å². The first-order valence-corrected chi connectivity index (χ1v) is 5.51. The number of anilines is 1. The number of hydrogen-bond donors (Lipinski definition) is 2. The molecule has 0 aliphatic carbocycles. The van der Waals surface area contributed by atoms with Gasteiger partial charge in [0.25, 0.3) is 0 Å². The third-order valence-corrected chi connectivity index (χ3v) is 2.33. The van der Waals surface area contributed by atoms with Crippen LogP contribution in [-0.2, 0) is 0 Å². The Morgan fingerprint density at radius 2 is 1.88 bits per heavy atom. The zero-order chi connectivity index (χ0) is 12.7. The van der Waals surface area contributed by atoms with Crippen LogP contribution in [0.3, 0.4) is 0 Å². The molecule has 0 aliphatic heterocycles. The van der Waals surface area contributed by atoms with E-state index in [4.69, 9.17) is 14.6 Å². The Labute approximate surface area is 101 Å². The quantitative estimate of drug-likeness (QED) is 0.739. The summed E-state index contributed by atoms with van der Waals surface area (Å²) in [6, 6.07) is 1.61. The number of aliphatic hydroxyl groups is 1. The number of ether oxygens (including phenoxy) is 2. The number of aromatic nitrogens is 2. The highest BCUT2D eigenvalue weighted by Crippen LogP contribution is 2.17. The molecule has 1 atom stereocenters. The van der Waals surface area contributed by atoms with Crippen molar-refractivity contribution in [3.63, 3.8) is 0 Å². The molecule has 2 N–H and O–H groups in total. The fourth-order valence-electron chi connectivity index (χ4n) is 1.28. The number of hydrogen-bond acceptors (Lipinski definition) is 6. The van der Waals surface area contributed by atoms with Gasteiger partial charge in [-0.15, -0.1) is 0 Å². The van der Waals surface area contributed by atoms with Crippen molar-refractivity contribution in [1.82, 2.24) is 9.97 Å². The molecule has 0 aromatic carbocycles. The van der Waals surface area contributed by atoms with E-state index in [1.165, 1.54) is 0 Å². The number of nitrogens with zero attached hydrogens (tertiary/aromatic N) is 2. The highest BCUT2D eigenvalue weighted by molar-refractivity contribution is 5.33. The summed E-state index contributed by atoms with van der Waals surface area (Å²) in [6.07, 6.45) is 0.744. The number of nitrogens with one attached hydrogen (secondary N) is 1. The maximum absolute atomic E-state index is 8.80. The summed E-state index contributed by atoms with van der Waals surface area (Å²) < 4.78 is 10.1. The van der Waals surface area contributed by atoms with Gasteiger partial charge in [-0.25, -0.2) is 0 Å². The second kappa shape index (κ2) is 6.90. The molecular weight excluding hydrogens is 222 g/mol. The molecule has 0 saturated heterocycles. The zero-order valence-electron chi connectivity index (χ0n) is 10.4. The average molecular weight is 241 g/mol. The smallest absolute Gasteiger partial charge is 0.229 e. The van der Waals surface area contributed by atoms with Crippen LogP contribution < -0.4 is 14.8 Å². The van der Waals surface area contributed by atoms with Crippen molar-refractivity contribution in [3.8, 4) is 11.8 Å². The Hall–Kier alpha value is -1.56. The van der Waals surface area contributed by atoms with Gasteiger partial charge in [-0.05, 0) is 12.3 Å². The molecule has 0 bridgehead atoms. The molecule has 0 radical (unpaired) electrons. The molecule has 6 heteroatoms. The van der Waals surface area contributed by atoms with Crippen LogP contribution >= 0.6 is 0 Å². The van der Waals surface area contributed by atoms with Gasteiger partial charge in [0.05, 0.1) is 20.3 Å². The fraction of sp³-hybridized carbons (Fsp3) is 0.636. The monoisotopic (exact) mass is 241 g/mol. The van der Waals surface area contributed by atoms with Crippen molar-refractivity contribution in [1.29, 1.82) is 0 Å². The molecule has 1 rings (SSSR count). The lowest BCUT2D eigenvalue weighted by molar-refractivity contribution is 0.265. The van der Waals surface area contributed by atoms with Gasteiger partial charge in [0.1, 0.15) is 0 Å². The third kappa shape index (κ3) is 4.44. The molecule has 0 fully saturated rings. The van der Waals surface area contributed by atoms with Crippen LogP contribution in [0.4, 0.5) is 5.95 Å². The third-order valence-electron chi connectivity index (χ3n) is 2.33. The summed E-state index contributed by atoms with van der Waals surface area (Å²) in [6.45, 7) is 2.92. The van der Waals surface area contributed by atoms with Gasteiger partial charge in [-0.2, -0.15) is 9.97 Å². The van der Waals surface area contributed by atoms with E-state index >= 15 is 0 Å². The Kier molecular flexibility index (Phi) is 5.48. The highest BCUT2D eigenvalue weighted by atomic mass is 16.5. The molecule has 1 aromatic rings. The van der Waals surface area contributed by atoms with Gasteiger partial charge >= 0.3 is 0 Å². The lowest BCUT2D eigenvalue weighted by Gasteiger charge is -2.12. The maximum Gasteiger partial charge on any atom is 0.229 e. The van der Waals surface area contributed by atoms with Crippen molar-refractivity contribution in [2.75, 3.05) is 32.7 Å². The molecular formula is C11H19N3O3. The summed E-state index contributed by atoms with van der Waals surface area (Å²) in [5, 5.41) is 11.9. The lowest BCUT2D eigenvalue weighted by Crippen LogP contribution is -2.14. The molecule has 1 heterocycles. The van der Waals surface area contributed by atoms with Crippen molar-refractivity contribution in [2.24, 2.45) is 5.92 Å². The minimum absolute atomic E-state index is 0.186. The topological polar surface area (TPSA) is 76.5 Å². The second-order valence-electron chi connectivity index (χ2n) is 3.77. The summed E-state index contributed by atoms with van der Waals surface area (Å²) in [5.41, 5.74) is 0.